The normalized spacial score (nSPS) is 10.9. The standard InChI is InChI=1S/C14H13N3/c1-9-6-10(2)8-11(7-9)13-16-12-4-3-5-15-14(12)17-13/h3-8H,1-2H3,(H,15,16,17). The zero-order valence-electron chi connectivity index (χ0n) is 9.86. The van der Waals surface area contributed by atoms with E-state index < -0.39 is 0 Å². The van der Waals surface area contributed by atoms with Gasteiger partial charge in [-0.3, -0.25) is 0 Å². The number of benzene rings is 1. The Labute approximate surface area is 99.5 Å². The monoisotopic (exact) mass is 223 g/mol. The van der Waals surface area contributed by atoms with Crippen LogP contribution in [0.25, 0.3) is 22.6 Å². The molecule has 0 fully saturated rings. The number of hydrogen-bond acceptors (Lipinski definition) is 2. The molecule has 2 aromatic heterocycles. The van der Waals surface area contributed by atoms with Gasteiger partial charge in [-0.25, -0.2) is 9.97 Å². The van der Waals surface area contributed by atoms with E-state index in [2.05, 4.69) is 47.0 Å². The third kappa shape index (κ3) is 1.80. The van der Waals surface area contributed by atoms with Crippen molar-refractivity contribution < 1.29 is 0 Å². The van der Waals surface area contributed by atoms with Crippen LogP contribution in [0.15, 0.2) is 36.5 Å². The quantitative estimate of drug-likeness (QED) is 0.688. The highest BCUT2D eigenvalue weighted by molar-refractivity contribution is 5.75. The summed E-state index contributed by atoms with van der Waals surface area (Å²) in [6, 6.07) is 10.3. The van der Waals surface area contributed by atoms with Gasteiger partial charge in [-0.1, -0.05) is 17.2 Å². The molecular formula is C14H13N3. The van der Waals surface area contributed by atoms with E-state index in [1.165, 1.54) is 11.1 Å². The molecule has 0 saturated heterocycles. The van der Waals surface area contributed by atoms with Crippen LogP contribution < -0.4 is 0 Å². The number of imidazole rings is 1. The first-order valence-electron chi connectivity index (χ1n) is 5.62. The summed E-state index contributed by atoms with van der Waals surface area (Å²) in [6.45, 7) is 4.19. The maximum Gasteiger partial charge on any atom is 0.178 e. The van der Waals surface area contributed by atoms with Crippen molar-refractivity contribution >= 4 is 11.2 Å². The van der Waals surface area contributed by atoms with Gasteiger partial charge in [0.05, 0.1) is 5.52 Å². The molecule has 1 N–H and O–H groups in total. The number of pyridine rings is 1. The van der Waals surface area contributed by atoms with Gasteiger partial charge in [-0.15, -0.1) is 0 Å². The molecule has 0 atom stereocenters. The Bertz CT molecular complexity index is 630. The van der Waals surface area contributed by atoms with Gasteiger partial charge in [0, 0.05) is 11.8 Å². The molecule has 0 bridgehead atoms. The number of aromatic nitrogens is 3. The van der Waals surface area contributed by atoms with Crippen LogP contribution in [0.4, 0.5) is 0 Å². The highest BCUT2D eigenvalue weighted by Gasteiger charge is 2.06. The fraction of sp³-hybridized carbons (Fsp3) is 0.143. The minimum atomic E-state index is 0.765. The number of aryl methyl sites for hydroxylation is 2. The summed E-state index contributed by atoms with van der Waals surface area (Å²) in [5.41, 5.74) is 5.34. The van der Waals surface area contributed by atoms with Crippen molar-refractivity contribution in [3.8, 4) is 11.4 Å². The first kappa shape index (κ1) is 10.0. The van der Waals surface area contributed by atoms with Crippen LogP contribution in [0.3, 0.4) is 0 Å². The number of rotatable bonds is 1. The summed E-state index contributed by atoms with van der Waals surface area (Å²) in [6.07, 6.45) is 1.76. The lowest BCUT2D eigenvalue weighted by molar-refractivity contribution is 1.28. The molecule has 0 unspecified atom stereocenters. The molecule has 3 nitrogen and oxygen atoms in total. The summed E-state index contributed by atoms with van der Waals surface area (Å²) >= 11 is 0. The van der Waals surface area contributed by atoms with Crippen molar-refractivity contribution in [3.63, 3.8) is 0 Å². The summed E-state index contributed by atoms with van der Waals surface area (Å²) in [5.74, 6) is 0.880. The van der Waals surface area contributed by atoms with E-state index in [9.17, 15) is 0 Å². The van der Waals surface area contributed by atoms with Crippen LogP contribution in [0.5, 0.6) is 0 Å². The molecular weight excluding hydrogens is 210 g/mol. The second-order valence-electron chi connectivity index (χ2n) is 4.34. The van der Waals surface area contributed by atoms with E-state index in [-0.39, 0.29) is 0 Å². The Morgan fingerprint density at radius 2 is 1.82 bits per heavy atom. The molecule has 0 aliphatic rings. The SMILES string of the molecule is Cc1cc(C)cc(-c2nc3ncccc3[nH]2)c1. The molecule has 0 aliphatic carbocycles. The van der Waals surface area contributed by atoms with E-state index in [0.29, 0.717) is 0 Å². The minimum absolute atomic E-state index is 0.765. The highest BCUT2D eigenvalue weighted by Crippen LogP contribution is 2.21. The molecule has 1 aromatic carbocycles. The van der Waals surface area contributed by atoms with E-state index in [0.717, 1.165) is 22.6 Å². The third-order valence-electron chi connectivity index (χ3n) is 2.75. The van der Waals surface area contributed by atoms with Gasteiger partial charge < -0.3 is 4.98 Å². The molecule has 3 rings (SSSR count). The van der Waals surface area contributed by atoms with Gasteiger partial charge in [-0.05, 0) is 38.1 Å². The summed E-state index contributed by atoms with van der Waals surface area (Å²) < 4.78 is 0. The Balaban J connectivity index is 2.20. The van der Waals surface area contributed by atoms with Gasteiger partial charge in [0.15, 0.2) is 5.65 Å². The van der Waals surface area contributed by atoms with Crippen molar-refractivity contribution in [1.29, 1.82) is 0 Å². The van der Waals surface area contributed by atoms with E-state index in [1.54, 1.807) is 6.20 Å². The maximum atomic E-state index is 4.50. The molecule has 3 heteroatoms. The molecule has 0 aliphatic heterocycles. The van der Waals surface area contributed by atoms with Crippen LogP contribution in [-0.4, -0.2) is 15.0 Å². The Hall–Kier alpha value is -2.16. The number of H-pyrrole nitrogens is 1. The van der Waals surface area contributed by atoms with Gasteiger partial charge >= 0.3 is 0 Å². The average molecular weight is 223 g/mol. The molecule has 17 heavy (non-hydrogen) atoms. The topological polar surface area (TPSA) is 41.6 Å². The van der Waals surface area contributed by atoms with E-state index >= 15 is 0 Å². The van der Waals surface area contributed by atoms with Crippen LogP contribution in [0.1, 0.15) is 11.1 Å². The van der Waals surface area contributed by atoms with Crippen molar-refractivity contribution in [2.75, 3.05) is 0 Å². The minimum Gasteiger partial charge on any atom is -0.337 e. The van der Waals surface area contributed by atoms with Crippen LogP contribution in [0, 0.1) is 13.8 Å². The Morgan fingerprint density at radius 3 is 2.53 bits per heavy atom. The lowest BCUT2D eigenvalue weighted by atomic mass is 10.1. The number of fused-ring (bicyclic) bond motifs is 1. The highest BCUT2D eigenvalue weighted by atomic mass is 15.0. The van der Waals surface area contributed by atoms with E-state index in [1.807, 2.05) is 12.1 Å². The average Bonchev–Trinajstić information content (AvgIpc) is 2.71. The molecule has 0 spiro atoms. The van der Waals surface area contributed by atoms with E-state index in [4.69, 9.17) is 0 Å². The number of aromatic amines is 1. The molecule has 3 aromatic rings. The zero-order valence-corrected chi connectivity index (χ0v) is 9.86. The predicted molar refractivity (Wildman–Crippen MR) is 68.8 cm³/mol. The largest absolute Gasteiger partial charge is 0.337 e. The maximum absolute atomic E-state index is 4.50. The molecule has 84 valence electrons. The molecule has 0 amide bonds. The van der Waals surface area contributed by atoms with Crippen molar-refractivity contribution in [1.82, 2.24) is 15.0 Å². The fourth-order valence-electron chi connectivity index (χ4n) is 2.09. The van der Waals surface area contributed by atoms with Gasteiger partial charge in [0.1, 0.15) is 5.82 Å². The summed E-state index contributed by atoms with van der Waals surface area (Å²) in [4.78, 5) is 12.0. The van der Waals surface area contributed by atoms with Crippen LogP contribution >= 0.6 is 0 Å². The number of nitrogens with one attached hydrogen (secondary N) is 1. The van der Waals surface area contributed by atoms with Gasteiger partial charge in [-0.2, -0.15) is 0 Å². The fourth-order valence-corrected chi connectivity index (χ4v) is 2.09. The van der Waals surface area contributed by atoms with Crippen LogP contribution in [-0.2, 0) is 0 Å². The number of nitrogens with zero attached hydrogens (tertiary/aromatic N) is 2. The smallest absolute Gasteiger partial charge is 0.178 e. The van der Waals surface area contributed by atoms with Crippen molar-refractivity contribution in [2.45, 2.75) is 13.8 Å². The Kier molecular flexibility index (Phi) is 2.18. The second kappa shape index (κ2) is 3.70. The first-order chi connectivity index (χ1) is 8.22. The second-order valence-corrected chi connectivity index (χ2v) is 4.34. The number of hydrogen-bond donors (Lipinski definition) is 1. The molecule has 0 radical (unpaired) electrons. The van der Waals surface area contributed by atoms with Gasteiger partial charge in [0.2, 0.25) is 0 Å². The zero-order chi connectivity index (χ0) is 11.8. The van der Waals surface area contributed by atoms with Crippen molar-refractivity contribution in [3.05, 3.63) is 47.7 Å². The van der Waals surface area contributed by atoms with Crippen LogP contribution in [0.2, 0.25) is 0 Å². The van der Waals surface area contributed by atoms with Gasteiger partial charge in [0.25, 0.3) is 0 Å². The predicted octanol–water partition coefficient (Wildman–Crippen LogP) is 3.24. The molecule has 2 heterocycles. The summed E-state index contributed by atoms with van der Waals surface area (Å²) in [7, 11) is 0. The summed E-state index contributed by atoms with van der Waals surface area (Å²) in [5, 5.41) is 0. The first-order valence-corrected chi connectivity index (χ1v) is 5.62. The lowest BCUT2D eigenvalue weighted by Gasteiger charge is -2.01. The molecule has 0 saturated carbocycles. The van der Waals surface area contributed by atoms with Crippen molar-refractivity contribution in [2.24, 2.45) is 0 Å². The lowest BCUT2D eigenvalue weighted by Crippen LogP contribution is -1.84. The Morgan fingerprint density at radius 1 is 1.06 bits per heavy atom. The third-order valence-corrected chi connectivity index (χ3v) is 2.75.